The van der Waals surface area contributed by atoms with Crippen molar-refractivity contribution in [2.24, 2.45) is 5.92 Å². The van der Waals surface area contributed by atoms with E-state index in [0.29, 0.717) is 35.6 Å². The molecule has 0 atom stereocenters. The summed E-state index contributed by atoms with van der Waals surface area (Å²) in [5.74, 6) is 1.27. The van der Waals surface area contributed by atoms with Crippen LogP contribution >= 0.6 is 11.8 Å². The first-order valence-electron chi connectivity index (χ1n) is 9.68. The Bertz CT molecular complexity index is 1010. The molecule has 1 aromatic heterocycles. The largest absolute Gasteiger partial charge is 0.497 e. The van der Waals surface area contributed by atoms with Crippen LogP contribution in [0.3, 0.4) is 0 Å². The smallest absolute Gasteiger partial charge is 0.230 e. The lowest BCUT2D eigenvalue weighted by Gasteiger charge is -2.13. The number of hydrogen-bond donors (Lipinski definition) is 1. The average molecular weight is 429 g/mol. The highest BCUT2D eigenvalue weighted by atomic mass is 32.2. The number of rotatable bonds is 9. The summed E-state index contributed by atoms with van der Waals surface area (Å²) < 4.78 is 21.3. The summed E-state index contributed by atoms with van der Waals surface area (Å²) >= 11 is 1.29. The molecule has 0 spiro atoms. The molecule has 0 saturated heterocycles. The average Bonchev–Trinajstić information content (AvgIpc) is 3.12. The predicted molar refractivity (Wildman–Crippen MR) is 116 cm³/mol. The maximum Gasteiger partial charge on any atom is 0.230 e. The van der Waals surface area contributed by atoms with Gasteiger partial charge in [0.25, 0.3) is 0 Å². The molecule has 6 nitrogen and oxygen atoms in total. The third-order valence-corrected chi connectivity index (χ3v) is 5.30. The van der Waals surface area contributed by atoms with Crippen LogP contribution in [0.1, 0.15) is 19.4 Å². The molecule has 0 unspecified atom stereocenters. The summed E-state index contributed by atoms with van der Waals surface area (Å²) in [5.41, 5.74) is 1.36. The van der Waals surface area contributed by atoms with E-state index in [1.807, 2.05) is 28.8 Å². The van der Waals surface area contributed by atoms with Crippen molar-refractivity contribution in [1.82, 2.24) is 20.1 Å². The van der Waals surface area contributed by atoms with Gasteiger partial charge in [-0.25, -0.2) is 4.39 Å². The lowest BCUT2D eigenvalue weighted by atomic mass is 10.2. The van der Waals surface area contributed by atoms with Gasteiger partial charge in [0, 0.05) is 13.1 Å². The molecule has 30 heavy (non-hydrogen) atoms. The van der Waals surface area contributed by atoms with E-state index in [-0.39, 0.29) is 17.5 Å². The number of nitrogens with one attached hydrogen (secondary N) is 1. The van der Waals surface area contributed by atoms with Crippen molar-refractivity contribution < 1.29 is 13.9 Å². The highest BCUT2D eigenvalue weighted by Crippen LogP contribution is 2.26. The van der Waals surface area contributed by atoms with E-state index >= 15 is 0 Å². The van der Waals surface area contributed by atoms with Crippen molar-refractivity contribution in [1.29, 1.82) is 0 Å². The zero-order valence-electron chi connectivity index (χ0n) is 17.3. The molecule has 1 heterocycles. The molecule has 1 amide bonds. The van der Waals surface area contributed by atoms with E-state index in [0.717, 1.165) is 11.3 Å². The summed E-state index contributed by atoms with van der Waals surface area (Å²) in [6.07, 6.45) is 0. The van der Waals surface area contributed by atoms with E-state index in [1.54, 1.807) is 25.3 Å². The van der Waals surface area contributed by atoms with Crippen LogP contribution in [0.2, 0.25) is 0 Å². The van der Waals surface area contributed by atoms with E-state index in [2.05, 4.69) is 29.4 Å². The van der Waals surface area contributed by atoms with Crippen molar-refractivity contribution >= 4 is 17.7 Å². The van der Waals surface area contributed by atoms with Gasteiger partial charge in [0.1, 0.15) is 11.6 Å². The summed E-state index contributed by atoms with van der Waals surface area (Å²) in [6, 6.07) is 14.1. The van der Waals surface area contributed by atoms with Crippen LogP contribution in [0, 0.1) is 11.7 Å². The number of carbonyl (C=O) groups is 1. The molecule has 158 valence electrons. The fourth-order valence-electron chi connectivity index (χ4n) is 2.93. The fourth-order valence-corrected chi connectivity index (χ4v) is 3.71. The molecule has 1 N–H and O–H groups in total. The molecule has 0 aliphatic carbocycles. The molecule has 8 heteroatoms. The number of ether oxygens (including phenoxy) is 1. The SMILES string of the molecule is COc1cccc(CNC(=O)CSc2nnc(-c3ccccc3F)n2CC(C)C)c1. The fraction of sp³-hybridized carbons (Fsp3) is 0.318. The normalized spacial score (nSPS) is 11.0. The van der Waals surface area contributed by atoms with Gasteiger partial charge in [-0.2, -0.15) is 0 Å². The third kappa shape index (κ3) is 5.60. The Morgan fingerprint density at radius 3 is 2.73 bits per heavy atom. The number of halogens is 1. The molecule has 0 aliphatic heterocycles. The summed E-state index contributed by atoms with van der Waals surface area (Å²) in [6.45, 7) is 5.18. The van der Waals surface area contributed by atoms with Crippen molar-refractivity contribution in [3.8, 4) is 17.1 Å². The van der Waals surface area contributed by atoms with Gasteiger partial charge in [0.2, 0.25) is 5.91 Å². The monoisotopic (exact) mass is 428 g/mol. The number of hydrogen-bond acceptors (Lipinski definition) is 5. The quantitative estimate of drug-likeness (QED) is 0.519. The Labute approximate surface area is 179 Å². The van der Waals surface area contributed by atoms with E-state index in [9.17, 15) is 9.18 Å². The minimum absolute atomic E-state index is 0.116. The Balaban J connectivity index is 1.67. The van der Waals surface area contributed by atoms with Gasteiger partial charge in [-0.15, -0.1) is 10.2 Å². The number of nitrogens with zero attached hydrogens (tertiary/aromatic N) is 3. The van der Waals surface area contributed by atoms with Crippen LogP contribution in [-0.4, -0.2) is 33.5 Å². The lowest BCUT2D eigenvalue weighted by molar-refractivity contribution is -0.118. The molecular weight excluding hydrogens is 403 g/mol. The van der Waals surface area contributed by atoms with E-state index in [1.165, 1.54) is 17.8 Å². The van der Waals surface area contributed by atoms with Crippen LogP contribution in [0.4, 0.5) is 4.39 Å². The molecule has 0 aliphatic rings. The Morgan fingerprint density at radius 2 is 2.00 bits per heavy atom. The number of amides is 1. The Morgan fingerprint density at radius 1 is 1.20 bits per heavy atom. The first kappa shape index (κ1) is 21.8. The number of benzene rings is 2. The summed E-state index contributed by atoms with van der Waals surface area (Å²) in [7, 11) is 1.61. The van der Waals surface area contributed by atoms with Gasteiger partial charge < -0.3 is 14.6 Å². The highest BCUT2D eigenvalue weighted by Gasteiger charge is 2.18. The van der Waals surface area contributed by atoms with Gasteiger partial charge in [-0.1, -0.05) is 49.9 Å². The lowest BCUT2D eigenvalue weighted by Crippen LogP contribution is -2.24. The van der Waals surface area contributed by atoms with Crippen molar-refractivity contribution in [3.63, 3.8) is 0 Å². The van der Waals surface area contributed by atoms with E-state index < -0.39 is 0 Å². The molecular formula is C22H25FN4O2S. The zero-order chi connectivity index (χ0) is 21.5. The Kier molecular flexibility index (Phi) is 7.46. The molecule has 0 radical (unpaired) electrons. The topological polar surface area (TPSA) is 69.0 Å². The summed E-state index contributed by atoms with van der Waals surface area (Å²) in [4.78, 5) is 12.3. The number of aromatic nitrogens is 3. The molecule has 0 bridgehead atoms. The van der Waals surface area contributed by atoms with Gasteiger partial charge in [-0.05, 0) is 35.7 Å². The molecule has 0 fully saturated rings. The number of carbonyl (C=O) groups excluding carboxylic acids is 1. The molecule has 2 aromatic carbocycles. The minimum Gasteiger partial charge on any atom is -0.497 e. The van der Waals surface area contributed by atoms with Crippen LogP contribution in [0.25, 0.3) is 11.4 Å². The van der Waals surface area contributed by atoms with E-state index in [4.69, 9.17) is 4.74 Å². The first-order chi connectivity index (χ1) is 14.5. The molecule has 3 aromatic rings. The van der Waals surface area contributed by atoms with Gasteiger partial charge in [0.05, 0.1) is 18.4 Å². The maximum absolute atomic E-state index is 14.3. The second-order valence-electron chi connectivity index (χ2n) is 7.21. The molecule has 3 rings (SSSR count). The second-order valence-corrected chi connectivity index (χ2v) is 8.15. The van der Waals surface area contributed by atoms with Crippen molar-refractivity contribution in [3.05, 3.63) is 59.9 Å². The number of thioether (sulfide) groups is 1. The standard InChI is InChI=1S/C22H25FN4O2S/c1-15(2)13-27-21(18-9-4-5-10-19(18)23)25-26-22(27)30-14-20(28)24-12-16-7-6-8-17(11-16)29-3/h4-11,15H,12-14H2,1-3H3,(H,24,28). The van der Waals surface area contributed by atoms with Crippen LogP contribution in [-0.2, 0) is 17.9 Å². The third-order valence-electron chi connectivity index (χ3n) is 4.34. The molecule has 0 saturated carbocycles. The van der Waals surface area contributed by atoms with Gasteiger partial charge >= 0.3 is 0 Å². The summed E-state index contributed by atoms with van der Waals surface area (Å²) in [5, 5.41) is 11.9. The van der Waals surface area contributed by atoms with Gasteiger partial charge in [-0.3, -0.25) is 4.79 Å². The van der Waals surface area contributed by atoms with Crippen LogP contribution in [0.15, 0.2) is 53.7 Å². The van der Waals surface area contributed by atoms with Crippen molar-refractivity contribution in [2.45, 2.75) is 32.1 Å². The maximum atomic E-state index is 14.3. The predicted octanol–water partition coefficient (Wildman–Crippen LogP) is 4.16. The Hall–Kier alpha value is -2.87. The van der Waals surface area contributed by atoms with Crippen LogP contribution in [0.5, 0.6) is 5.75 Å². The highest BCUT2D eigenvalue weighted by molar-refractivity contribution is 7.99. The second kappa shape index (κ2) is 10.2. The minimum atomic E-state index is -0.345. The van der Waals surface area contributed by atoms with Crippen molar-refractivity contribution in [2.75, 3.05) is 12.9 Å². The first-order valence-corrected chi connectivity index (χ1v) is 10.7. The zero-order valence-corrected chi connectivity index (χ0v) is 18.1. The van der Waals surface area contributed by atoms with Crippen LogP contribution < -0.4 is 10.1 Å². The number of methoxy groups -OCH3 is 1. The van der Waals surface area contributed by atoms with Gasteiger partial charge in [0.15, 0.2) is 11.0 Å².